The van der Waals surface area contributed by atoms with Gasteiger partial charge in [0.25, 0.3) is 5.91 Å². The molecular weight excluding hydrogens is 322 g/mol. The smallest absolute Gasteiger partial charge is 0.265 e. The summed E-state index contributed by atoms with van der Waals surface area (Å²) in [4.78, 5) is 30.9. The third kappa shape index (κ3) is 2.82. The highest BCUT2D eigenvalue weighted by Crippen LogP contribution is 2.31. The monoisotopic (exact) mass is 343 g/mol. The Bertz CT molecular complexity index is 719. The van der Waals surface area contributed by atoms with E-state index in [1.165, 1.54) is 24.2 Å². The second-order valence-corrected chi connectivity index (χ2v) is 7.53. The second kappa shape index (κ2) is 6.57. The van der Waals surface area contributed by atoms with Crippen molar-refractivity contribution in [1.82, 2.24) is 24.8 Å². The quantitative estimate of drug-likeness (QED) is 0.856. The van der Waals surface area contributed by atoms with E-state index in [0.29, 0.717) is 27.8 Å². The Morgan fingerprint density at radius 1 is 1.12 bits per heavy atom. The van der Waals surface area contributed by atoms with E-state index in [9.17, 15) is 4.79 Å². The summed E-state index contributed by atoms with van der Waals surface area (Å²) in [5.41, 5.74) is 0. The van der Waals surface area contributed by atoms with Crippen molar-refractivity contribution in [3.63, 3.8) is 0 Å². The van der Waals surface area contributed by atoms with E-state index in [1.807, 2.05) is 0 Å². The number of amides is 1. The molecule has 1 amide bonds. The van der Waals surface area contributed by atoms with Gasteiger partial charge in [-0.3, -0.25) is 4.79 Å². The van der Waals surface area contributed by atoms with Crippen LogP contribution >= 0.6 is 11.3 Å². The van der Waals surface area contributed by atoms with Crippen LogP contribution in [-0.4, -0.2) is 62.9 Å². The number of likely N-dealkylation sites (tertiary alicyclic amines) is 2. The number of likely N-dealkylation sites (N-methyl/N-ethyl adjacent to an activating group) is 1. The molecule has 0 N–H and O–H groups in total. The largest absolute Gasteiger partial charge is 0.333 e. The fraction of sp³-hybridized carbons (Fsp3) is 0.529. The summed E-state index contributed by atoms with van der Waals surface area (Å²) in [6.07, 6.45) is 9.68. The van der Waals surface area contributed by atoms with Crippen molar-refractivity contribution in [3.05, 3.63) is 29.5 Å². The second-order valence-electron chi connectivity index (χ2n) is 6.50. The summed E-state index contributed by atoms with van der Waals surface area (Å²) in [5.74, 6) is 0.688. The summed E-state index contributed by atoms with van der Waals surface area (Å²) in [7, 11) is 2.18. The highest BCUT2D eigenvalue weighted by atomic mass is 32.1. The van der Waals surface area contributed by atoms with Crippen molar-refractivity contribution in [2.24, 2.45) is 0 Å². The van der Waals surface area contributed by atoms with E-state index >= 15 is 0 Å². The van der Waals surface area contributed by atoms with E-state index in [-0.39, 0.29) is 5.91 Å². The van der Waals surface area contributed by atoms with Crippen LogP contribution in [0.15, 0.2) is 24.7 Å². The maximum absolute atomic E-state index is 13.0. The molecule has 24 heavy (non-hydrogen) atoms. The lowest BCUT2D eigenvalue weighted by Crippen LogP contribution is -2.46. The maximum Gasteiger partial charge on any atom is 0.265 e. The molecule has 2 aliphatic heterocycles. The van der Waals surface area contributed by atoms with E-state index in [2.05, 4.69) is 31.8 Å². The van der Waals surface area contributed by atoms with Crippen LogP contribution in [0.2, 0.25) is 0 Å². The molecule has 2 aliphatic rings. The zero-order valence-electron chi connectivity index (χ0n) is 13.8. The Morgan fingerprint density at radius 2 is 1.88 bits per heavy atom. The van der Waals surface area contributed by atoms with Gasteiger partial charge in [0, 0.05) is 31.0 Å². The van der Waals surface area contributed by atoms with Crippen molar-refractivity contribution in [1.29, 1.82) is 0 Å². The van der Waals surface area contributed by atoms with E-state index in [0.717, 1.165) is 25.9 Å². The van der Waals surface area contributed by atoms with Gasteiger partial charge in [-0.05, 0) is 45.3 Å². The summed E-state index contributed by atoms with van der Waals surface area (Å²) in [6.45, 7) is 1.99. The average molecular weight is 343 g/mol. The molecule has 2 fully saturated rings. The van der Waals surface area contributed by atoms with Gasteiger partial charge in [0.1, 0.15) is 4.88 Å². The van der Waals surface area contributed by atoms with Crippen LogP contribution in [0.25, 0.3) is 10.8 Å². The Labute approximate surface area is 145 Å². The van der Waals surface area contributed by atoms with Crippen LogP contribution in [0.1, 0.15) is 35.4 Å². The first-order valence-electron chi connectivity index (χ1n) is 8.48. The van der Waals surface area contributed by atoms with Gasteiger partial charge in [0.05, 0.1) is 6.20 Å². The first-order chi connectivity index (χ1) is 11.7. The zero-order valence-corrected chi connectivity index (χ0v) is 14.6. The minimum atomic E-state index is 0.109. The first-order valence-corrected chi connectivity index (χ1v) is 9.30. The molecule has 2 unspecified atom stereocenters. The molecule has 2 saturated heterocycles. The third-order valence-electron chi connectivity index (χ3n) is 5.05. The summed E-state index contributed by atoms with van der Waals surface area (Å²) in [5, 5.41) is 0.702. The molecule has 0 bridgehead atoms. The Balaban J connectivity index is 1.54. The van der Waals surface area contributed by atoms with Gasteiger partial charge in [0.2, 0.25) is 0 Å². The Kier molecular flexibility index (Phi) is 4.28. The fourth-order valence-corrected chi connectivity index (χ4v) is 4.71. The molecule has 0 spiro atoms. The van der Waals surface area contributed by atoms with Crippen LogP contribution in [0.4, 0.5) is 0 Å². The number of aromatic nitrogens is 3. The number of hydrogen-bond acceptors (Lipinski definition) is 6. The Hall–Kier alpha value is -1.86. The van der Waals surface area contributed by atoms with Crippen LogP contribution < -0.4 is 0 Å². The van der Waals surface area contributed by atoms with Gasteiger partial charge in [-0.2, -0.15) is 0 Å². The lowest BCUT2D eigenvalue weighted by molar-refractivity contribution is 0.0669. The molecular formula is C17H21N5OS. The highest BCUT2D eigenvalue weighted by Gasteiger charge is 2.39. The van der Waals surface area contributed by atoms with Gasteiger partial charge >= 0.3 is 0 Å². The molecule has 2 atom stereocenters. The van der Waals surface area contributed by atoms with Gasteiger partial charge in [0.15, 0.2) is 10.8 Å². The Morgan fingerprint density at radius 3 is 2.62 bits per heavy atom. The van der Waals surface area contributed by atoms with Crippen LogP contribution in [0.3, 0.4) is 0 Å². The van der Waals surface area contributed by atoms with Crippen molar-refractivity contribution in [3.8, 4) is 10.8 Å². The third-order valence-corrected chi connectivity index (χ3v) is 6.04. The average Bonchev–Trinajstić information content (AvgIpc) is 3.35. The normalized spacial score (nSPS) is 24.6. The molecule has 126 valence electrons. The standard InChI is InChI=1S/C17H21N5OS/c1-21-9-2-5-12(21)13-6-3-10-22(13)17(23)14-11-20-16(24-14)15-18-7-4-8-19-15/h4,7-8,11-13H,2-3,5-6,9-10H2,1H3. The molecule has 4 rings (SSSR count). The SMILES string of the molecule is CN1CCCC1C1CCCN1C(=O)c1cnc(-c2ncccn2)s1. The van der Waals surface area contributed by atoms with Crippen LogP contribution in [0, 0.1) is 0 Å². The van der Waals surface area contributed by atoms with Gasteiger partial charge in [-0.1, -0.05) is 0 Å². The fourth-order valence-electron chi connectivity index (χ4n) is 3.89. The number of rotatable bonds is 3. The van der Waals surface area contributed by atoms with Gasteiger partial charge < -0.3 is 9.80 Å². The molecule has 6 nitrogen and oxygen atoms in total. The van der Waals surface area contributed by atoms with Gasteiger partial charge in [-0.15, -0.1) is 11.3 Å². The molecule has 7 heteroatoms. The number of thiazole rings is 1. The maximum atomic E-state index is 13.0. The van der Waals surface area contributed by atoms with E-state index < -0.39 is 0 Å². The van der Waals surface area contributed by atoms with E-state index in [1.54, 1.807) is 24.7 Å². The highest BCUT2D eigenvalue weighted by molar-refractivity contribution is 7.16. The molecule has 0 radical (unpaired) electrons. The predicted octanol–water partition coefficient (Wildman–Crippen LogP) is 2.30. The summed E-state index contributed by atoms with van der Waals surface area (Å²) in [6, 6.07) is 2.61. The lowest BCUT2D eigenvalue weighted by Gasteiger charge is -2.33. The van der Waals surface area contributed by atoms with Crippen molar-refractivity contribution in [2.45, 2.75) is 37.8 Å². The molecule has 4 heterocycles. The molecule has 0 aromatic carbocycles. The zero-order chi connectivity index (χ0) is 16.5. The number of hydrogen-bond donors (Lipinski definition) is 0. The van der Waals surface area contributed by atoms with Gasteiger partial charge in [-0.25, -0.2) is 15.0 Å². The van der Waals surface area contributed by atoms with Crippen molar-refractivity contribution < 1.29 is 4.79 Å². The molecule has 0 aliphatic carbocycles. The van der Waals surface area contributed by atoms with Crippen molar-refractivity contribution in [2.75, 3.05) is 20.1 Å². The van der Waals surface area contributed by atoms with Crippen LogP contribution in [-0.2, 0) is 0 Å². The van der Waals surface area contributed by atoms with Crippen molar-refractivity contribution >= 4 is 17.2 Å². The molecule has 2 aromatic heterocycles. The first kappa shape index (κ1) is 15.7. The predicted molar refractivity (Wildman–Crippen MR) is 92.9 cm³/mol. The molecule has 0 saturated carbocycles. The summed E-state index contributed by atoms with van der Waals surface area (Å²) >= 11 is 1.39. The topological polar surface area (TPSA) is 62.2 Å². The minimum absolute atomic E-state index is 0.109. The minimum Gasteiger partial charge on any atom is -0.333 e. The number of nitrogens with zero attached hydrogens (tertiary/aromatic N) is 5. The van der Waals surface area contributed by atoms with Crippen LogP contribution in [0.5, 0.6) is 0 Å². The van der Waals surface area contributed by atoms with E-state index in [4.69, 9.17) is 0 Å². The summed E-state index contributed by atoms with van der Waals surface area (Å²) < 4.78 is 0. The lowest BCUT2D eigenvalue weighted by atomic mass is 10.0. The molecule has 2 aromatic rings. The number of carbonyl (C=O) groups excluding carboxylic acids is 1. The number of carbonyl (C=O) groups is 1.